The van der Waals surface area contributed by atoms with E-state index in [1.54, 1.807) is 6.08 Å². The molecule has 1 heterocycles. The first-order valence-corrected chi connectivity index (χ1v) is 8.48. The van der Waals surface area contributed by atoms with Gasteiger partial charge in [0.2, 0.25) is 5.91 Å². The second kappa shape index (κ2) is 8.54. The Morgan fingerprint density at radius 2 is 2.00 bits per heavy atom. The fourth-order valence-electron chi connectivity index (χ4n) is 2.01. The van der Waals surface area contributed by atoms with Crippen molar-refractivity contribution in [2.24, 2.45) is 0 Å². The van der Waals surface area contributed by atoms with Gasteiger partial charge in [0.15, 0.2) is 0 Å². The Morgan fingerprint density at radius 1 is 1.35 bits per heavy atom. The molecule has 0 aromatic heterocycles. The van der Waals surface area contributed by atoms with Crippen LogP contribution in [-0.2, 0) is 14.4 Å². The molecule has 0 unspecified atom stereocenters. The summed E-state index contributed by atoms with van der Waals surface area (Å²) in [6, 6.07) is 5.70. The summed E-state index contributed by atoms with van der Waals surface area (Å²) in [7, 11) is 0. The Morgan fingerprint density at radius 3 is 2.58 bits per heavy atom. The molecule has 0 radical (unpaired) electrons. The number of carboxylic acid groups (broad SMARTS) is 1. The molecule has 1 aromatic rings. The number of benzene rings is 1. The molecule has 1 aliphatic rings. The van der Waals surface area contributed by atoms with Crippen LogP contribution in [0.5, 0.6) is 0 Å². The number of hydrogen-bond donors (Lipinski definition) is 2. The molecule has 2 amide bonds. The maximum absolute atomic E-state index is 12.4. The molecule has 136 valence electrons. The van der Waals surface area contributed by atoms with E-state index in [-0.39, 0.29) is 28.9 Å². The van der Waals surface area contributed by atoms with Gasteiger partial charge in [-0.05, 0) is 23.8 Å². The standard InChI is InChI=1S/C15H13N3O6S2/c19-12(16-8-13(20)21)5-6-17-14(22)11(26-15(17)25)7-9-1-3-10(4-2-9)18(23)24/h1-4,7H,5-6,8H2,(H,16,19)(H,20,21)/b11-7-. The van der Waals surface area contributed by atoms with Gasteiger partial charge in [-0.25, -0.2) is 0 Å². The predicted octanol–water partition coefficient (Wildman–Crippen LogP) is 1.39. The van der Waals surface area contributed by atoms with Crippen molar-refractivity contribution in [1.29, 1.82) is 0 Å². The monoisotopic (exact) mass is 395 g/mol. The maximum atomic E-state index is 12.4. The lowest BCUT2D eigenvalue weighted by Gasteiger charge is -2.13. The number of rotatable bonds is 7. The molecule has 9 nitrogen and oxygen atoms in total. The van der Waals surface area contributed by atoms with Crippen LogP contribution in [0.3, 0.4) is 0 Å². The number of nitrogens with zero attached hydrogens (tertiary/aromatic N) is 2. The molecule has 1 aliphatic heterocycles. The van der Waals surface area contributed by atoms with Crippen molar-refractivity contribution in [3.05, 3.63) is 44.8 Å². The quantitative estimate of drug-likeness (QED) is 0.307. The SMILES string of the molecule is O=C(O)CNC(=O)CCN1C(=O)/C(=C/c2ccc([N+](=O)[O-])cc2)SC1=S. The number of thiocarbonyl (C=S) groups is 1. The van der Waals surface area contributed by atoms with Gasteiger partial charge in [0.25, 0.3) is 11.6 Å². The van der Waals surface area contributed by atoms with Crippen LogP contribution < -0.4 is 5.32 Å². The van der Waals surface area contributed by atoms with Crippen molar-refractivity contribution in [1.82, 2.24) is 10.2 Å². The zero-order chi connectivity index (χ0) is 19.3. The predicted molar refractivity (Wildman–Crippen MR) is 98.2 cm³/mol. The first-order valence-electron chi connectivity index (χ1n) is 7.26. The number of aliphatic carboxylic acids is 1. The first-order chi connectivity index (χ1) is 12.3. The minimum absolute atomic E-state index is 0.0354. The highest BCUT2D eigenvalue weighted by Gasteiger charge is 2.32. The van der Waals surface area contributed by atoms with Gasteiger partial charge in [-0.3, -0.25) is 29.4 Å². The van der Waals surface area contributed by atoms with E-state index in [0.717, 1.165) is 11.8 Å². The third-order valence-corrected chi connectivity index (χ3v) is 4.65. The van der Waals surface area contributed by atoms with Crippen LogP contribution in [0.15, 0.2) is 29.2 Å². The van der Waals surface area contributed by atoms with E-state index in [1.807, 2.05) is 0 Å². The van der Waals surface area contributed by atoms with Crippen LogP contribution >= 0.6 is 24.0 Å². The normalized spacial score (nSPS) is 15.4. The molecule has 0 atom stereocenters. The fraction of sp³-hybridized carbons (Fsp3) is 0.200. The second-order valence-corrected chi connectivity index (χ2v) is 6.78. The Hall–Kier alpha value is -2.79. The van der Waals surface area contributed by atoms with E-state index in [1.165, 1.54) is 29.2 Å². The Balaban J connectivity index is 2.00. The number of carboxylic acids is 1. The summed E-state index contributed by atoms with van der Waals surface area (Å²) in [5.74, 6) is -2.03. The van der Waals surface area contributed by atoms with E-state index in [2.05, 4.69) is 5.32 Å². The van der Waals surface area contributed by atoms with Gasteiger partial charge >= 0.3 is 5.97 Å². The zero-order valence-electron chi connectivity index (χ0n) is 13.2. The molecule has 11 heteroatoms. The van der Waals surface area contributed by atoms with E-state index in [0.29, 0.717) is 10.5 Å². The third-order valence-electron chi connectivity index (χ3n) is 3.27. The Kier molecular flexibility index (Phi) is 6.41. The number of nitro benzene ring substituents is 1. The molecular formula is C15H13N3O6S2. The lowest BCUT2D eigenvalue weighted by Crippen LogP contribution is -2.35. The molecule has 0 saturated carbocycles. The molecule has 0 spiro atoms. The molecule has 1 fully saturated rings. The van der Waals surface area contributed by atoms with Crippen molar-refractivity contribution in [2.45, 2.75) is 6.42 Å². The Bertz CT molecular complexity index is 806. The van der Waals surface area contributed by atoms with Crippen molar-refractivity contribution in [3.63, 3.8) is 0 Å². The lowest BCUT2D eigenvalue weighted by molar-refractivity contribution is -0.384. The fourth-order valence-corrected chi connectivity index (χ4v) is 3.32. The summed E-state index contributed by atoms with van der Waals surface area (Å²) >= 11 is 6.20. The minimum Gasteiger partial charge on any atom is -0.480 e. The number of non-ortho nitro benzene ring substituents is 1. The van der Waals surface area contributed by atoms with Crippen LogP contribution in [0.1, 0.15) is 12.0 Å². The molecule has 0 bridgehead atoms. The summed E-state index contributed by atoms with van der Waals surface area (Å²) in [6.45, 7) is -0.453. The molecule has 2 rings (SSSR count). The van der Waals surface area contributed by atoms with Crippen molar-refractivity contribution >= 4 is 57.8 Å². The van der Waals surface area contributed by atoms with Gasteiger partial charge in [-0.1, -0.05) is 24.0 Å². The number of carbonyl (C=O) groups is 3. The van der Waals surface area contributed by atoms with Gasteiger partial charge < -0.3 is 10.4 Å². The molecule has 26 heavy (non-hydrogen) atoms. The average molecular weight is 395 g/mol. The summed E-state index contributed by atoms with van der Waals surface area (Å²) < 4.78 is 0.286. The number of hydrogen-bond acceptors (Lipinski definition) is 7. The van der Waals surface area contributed by atoms with Crippen molar-refractivity contribution < 1.29 is 24.4 Å². The van der Waals surface area contributed by atoms with Gasteiger partial charge in [-0.2, -0.15) is 0 Å². The molecule has 2 N–H and O–H groups in total. The molecular weight excluding hydrogens is 382 g/mol. The van der Waals surface area contributed by atoms with Crippen LogP contribution in [0.25, 0.3) is 6.08 Å². The number of amides is 2. The molecule has 1 aromatic carbocycles. The zero-order valence-corrected chi connectivity index (χ0v) is 14.8. The lowest BCUT2D eigenvalue weighted by atomic mass is 10.2. The number of nitro groups is 1. The van der Waals surface area contributed by atoms with Gasteiger partial charge in [-0.15, -0.1) is 0 Å². The van der Waals surface area contributed by atoms with Gasteiger partial charge in [0, 0.05) is 25.1 Å². The number of thioether (sulfide) groups is 1. The maximum Gasteiger partial charge on any atom is 0.322 e. The van der Waals surface area contributed by atoms with Crippen LogP contribution in [-0.4, -0.2) is 50.1 Å². The number of carbonyl (C=O) groups excluding carboxylic acids is 2. The van der Waals surface area contributed by atoms with Crippen LogP contribution in [0.2, 0.25) is 0 Å². The van der Waals surface area contributed by atoms with Crippen molar-refractivity contribution in [2.75, 3.05) is 13.1 Å². The average Bonchev–Trinajstić information content (AvgIpc) is 2.85. The summed E-state index contributed by atoms with van der Waals surface area (Å²) in [6.07, 6.45) is 1.48. The Labute approximate surface area is 157 Å². The molecule has 0 aliphatic carbocycles. The topological polar surface area (TPSA) is 130 Å². The smallest absolute Gasteiger partial charge is 0.322 e. The van der Waals surface area contributed by atoms with Crippen LogP contribution in [0, 0.1) is 10.1 Å². The van der Waals surface area contributed by atoms with Crippen molar-refractivity contribution in [3.8, 4) is 0 Å². The first kappa shape index (κ1) is 19.5. The van der Waals surface area contributed by atoms with Crippen LogP contribution in [0.4, 0.5) is 5.69 Å². The van der Waals surface area contributed by atoms with Gasteiger partial charge in [0.05, 0.1) is 9.83 Å². The summed E-state index contributed by atoms with van der Waals surface area (Å²) in [5.41, 5.74) is 0.553. The largest absolute Gasteiger partial charge is 0.480 e. The third kappa shape index (κ3) is 5.10. The highest BCUT2D eigenvalue weighted by molar-refractivity contribution is 8.26. The van der Waals surface area contributed by atoms with E-state index in [9.17, 15) is 24.5 Å². The highest BCUT2D eigenvalue weighted by Crippen LogP contribution is 2.32. The summed E-state index contributed by atoms with van der Waals surface area (Å²) in [5, 5.41) is 21.4. The second-order valence-electron chi connectivity index (χ2n) is 5.10. The van der Waals surface area contributed by atoms with E-state index in [4.69, 9.17) is 17.3 Å². The summed E-state index contributed by atoms with van der Waals surface area (Å²) in [4.78, 5) is 46.1. The minimum atomic E-state index is -1.16. The molecule has 1 saturated heterocycles. The van der Waals surface area contributed by atoms with E-state index < -0.39 is 23.3 Å². The van der Waals surface area contributed by atoms with E-state index >= 15 is 0 Å². The van der Waals surface area contributed by atoms with Gasteiger partial charge in [0.1, 0.15) is 10.9 Å². The highest BCUT2D eigenvalue weighted by atomic mass is 32.2. The number of nitrogens with one attached hydrogen (secondary N) is 1.